The zero-order chi connectivity index (χ0) is 13.5. The maximum atomic E-state index is 5.09. The van der Waals surface area contributed by atoms with Crippen LogP contribution >= 0.6 is 11.8 Å². The topological polar surface area (TPSA) is 47.0 Å². The quantitative estimate of drug-likeness (QED) is 0.478. The molecular weight excluding hydrogens is 258 g/mol. The van der Waals surface area contributed by atoms with Gasteiger partial charge in [0.15, 0.2) is 0 Å². The van der Waals surface area contributed by atoms with Gasteiger partial charge in [-0.1, -0.05) is 25.1 Å². The third kappa shape index (κ3) is 3.81. The first-order chi connectivity index (χ1) is 9.35. The van der Waals surface area contributed by atoms with Gasteiger partial charge in [-0.3, -0.25) is 0 Å². The molecule has 102 valence electrons. The Morgan fingerprint density at radius 3 is 2.89 bits per heavy atom. The molecule has 2 aromatic rings. The van der Waals surface area contributed by atoms with Gasteiger partial charge in [0.25, 0.3) is 0 Å². The monoisotopic (exact) mass is 277 g/mol. The summed E-state index contributed by atoms with van der Waals surface area (Å²) in [6.45, 7) is 3.74. The van der Waals surface area contributed by atoms with E-state index in [2.05, 4.69) is 28.3 Å². The highest BCUT2D eigenvalue weighted by molar-refractivity contribution is 7.99. The van der Waals surface area contributed by atoms with Crippen molar-refractivity contribution in [3.63, 3.8) is 0 Å². The Hall–Kier alpha value is -1.33. The minimum atomic E-state index is 0.709. The van der Waals surface area contributed by atoms with Crippen molar-refractivity contribution >= 4 is 28.6 Å². The van der Waals surface area contributed by atoms with E-state index in [1.165, 1.54) is 0 Å². The fourth-order valence-corrected chi connectivity index (χ4v) is 2.62. The number of nitrogens with zero attached hydrogens (tertiary/aromatic N) is 2. The molecule has 4 nitrogen and oxygen atoms in total. The summed E-state index contributed by atoms with van der Waals surface area (Å²) in [5.74, 6) is 1.60. The first-order valence-electron chi connectivity index (χ1n) is 6.47. The molecule has 0 unspecified atom stereocenters. The van der Waals surface area contributed by atoms with Crippen LogP contribution in [0.25, 0.3) is 10.9 Å². The highest BCUT2D eigenvalue weighted by Crippen LogP contribution is 2.26. The molecule has 0 atom stereocenters. The van der Waals surface area contributed by atoms with E-state index in [1.54, 1.807) is 18.9 Å². The fraction of sp³-hybridized carbons (Fsp3) is 0.429. The molecule has 1 N–H and O–H groups in total. The van der Waals surface area contributed by atoms with E-state index in [9.17, 15) is 0 Å². The van der Waals surface area contributed by atoms with E-state index >= 15 is 0 Å². The van der Waals surface area contributed by atoms with Gasteiger partial charge >= 0.3 is 0 Å². The van der Waals surface area contributed by atoms with Gasteiger partial charge in [0, 0.05) is 24.8 Å². The van der Waals surface area contributed by atoms with Gasteiger partial charge in [0.1, 0.15) is 5.03 Å². The maximum Gasteiger partial charge on any atom is 0.224 e. The molecule has 5 heteroatoms. The van der Waals surface area contributed by atoms with Crippen molar-refractivity contribution in [1.82, 2.24) is 9.97 Å². The van der Waals surface area contributed by atoms with Crippen LogP contribution in [0.1, 0.15) is 13.3 Å². The van der Waals surface area contributed by atoms with Crippen molar-refractivity contribution in [2.45, 2.75) is 18.4 Å². The molecule has 0 amide bonds. The lowest BCUT2D eigenvalue weighted by molar-refractivity contribution is 0.218. The van der Waals surface area contributed by atoms with E-state index < -0.39 is 0 Å². The Labute approximate surface area is 118 Å². The largest absolute Gasteiger partial charge is 0.384 e. The third-order valence-corrected chi connectivity index (χ3v) is 3.58. The van der Waals surface area contributed by atoms with Crippen LogP contribution in [-0.4, -0.2) is 36.0 Å². The number of para-hydroxylation sites is 1. The van der Waals surface area contributed by atoms with E-state index in [-0.39, 0.29) is 0 Å². The number of benzene rings is 1. The summed E-state index contributed by atoms with van der Waals surface area (Å²) in [5, 5.41) is 5.37. The molecule has 1 aromatic heterocycles. The Morgan fingerprint density at radius 1 is 1.26 bits per heavy atom. The lowest BCUT2D eigenvalue weighted by atomic mass is 10.2. The summed E-state index contributed by atoms with van der Waals surface area (Å²) in [4.78, 5) is 9.13. The predicted octanol–water partition coefficient (Wildman–Crippen LogP) is 3.19. The van der Waals surface area contributed by atoms with Crippen molar-refractivity contribution in [1.29, 1.82) is 0 Å². The molecule has 0 fully saturated rings. The highest BCUT2D eigenvalue weighted by Gasteiger charge is 2.07. The number of rotatable bonds is 7. The number of methoxy groups -OCH3 is 1. The highest BCUT2D eigenvalue weighted by atomic mass is 32.2. The minimum Gasteiger partial charge on any atom is -0.384 e. The third-order valence-electron chi connectivity index (χ3n) is 2.63. The van der Waals surface area contributed by atoms with Crippen LogP contribution < -0.4 is 5.32 Å². The number of fused-ring (bicyclic) bond motifs is 1. The van der Waals surface area contributed by atoms with Crippen LogP contribution in [0.5, 0.6) is 0 Å². The number of ether oxygens (including phenoxy) is 1. The van der Waals surface area contributed by atoms with Crippen molar-refractivity contribution in [3.8, 4) is 0 Å². The van der Waals surface area contributed by atoms with Crippen molar-refractivity contribution in [3.05, 3.63) is 24.3 Å². The Kier molecular flexibility index (Phi) is 5.42. The van der Waals surface area contributed by atoms with E-state index in [4.69, 9.17) is 4.74 Å². The molecule has 1 aromatic carbocycles. The van der Waals surface area contributed by atoms with Gasteiger partial charge in [0.05, 0.1) is 12.1 Å². The Balaban J connectivity index is 2.28. The summed E-state index contributed by atoms with van der Waals surface area (Å²) in [6, 6.07) is 8.11. The molecule has 19 heavy (non-hydrogen) atoms. The minimum absolute atomic E-state index is 0.709. The van der Waals surface area contributed by atoms with Gasteiger partial charge in [-0.15, -0.1) is 11.8 Å². The first-order valence-corrected chi connectivity index (χ1v) is 7.46. The second-order valence-electron chi connectivity index (χ2n) is 4.14. The van der Waals surface area contributed by atoms with Crippen LogP contribution in [0.4, 0.5) is 5.95 Å². The van der Waals surface area contributed by atoms with Crippen molar-refractivity contribution < 1.29 is 4.74 Å². The van der Waals surface area contributed by atoms with Crippen LogP contribution in [0.2, 0.25) is 0 Å². The number of hydrogen-bond acceptors (Lipinski definition) is 5. The molecule has 1 heterocycles. The first kappa shape index (κ1) is 14.1. The van der Waals surface area contributed by atoms with Crippen LogP contribution in [0, 0.1) is 0 Å². The number of anilines is 1. The Bertz CT molecular complexity index is 533. The number of thioether (sulfide) groups is 1. The van der Waals surface area contributed by atoms with E-state index in [1.807, 2.05) is 18.2 Å². The smallest absolute Gasteiger partial charge is 0.224 e. The molecule has 0 radical (unpaired) electrons. The average Bonchev–Trinajstić information content (AvgIpc) is 2.45. The zero-order valence-corrected chi connectivity index (χ0v) is 12.2. The molecular formula is C14H19N3OS. The predicted molar refractivity (Wildman–Crippen MR) is 80.9 cm³/mol. The van der Waals surface area contributed by atoms with Gasteiger partial charge in [-0.2, -0.15) is 0 Å². The van der Waals surface area contributed by atoms with Gasteiger partial charge < -0.3 is 10.1 Å². The number of aromatic nitrogens is 2. The molecule has 0 aliphatic carbocycles. The Morgan fingerprint density at radius 2 is 2.11 bits per heavy atom. The molecule has 0 aliphatic heterocycles. The lowest BCUT2D eigenvalue weighted by Gasteiger charge is -2.09. The summed E-state index contributed by atoms with van der Waals surface area (Å²) >= 11 is 1.71. The van der Waals surface area contributed by atoms with Gasteiger partial charge in [-0.25, -0.2) is 9.97 Å². The molecule has 0 saturated heterocycles. The standard InChI is InChI=1S/C14H19N3OS/c1-3-8-15-14-16-12-7-5-4-6-11(12)13(17-14)19-10-9-18-2/h4-7H,3,8-10H2,1-2H3,(H,15,16,17). The SMILES string of the molecule is CCCNc1nc(SCCOC)c2ccccc2n1. The zero-order valence-electron chi connectivity index (χ0n) is 11.3. The molecule has 0 saturated carbocycles. The van der Waals surface area contributed by atoms with Crippen molar-refractivity contribution in [2.75, 3.05) is 31.3 Å². The second-order valence-corrected chi connectivity index (χ2v) is 5.22. The van der Waals surface area contributed by atoms with Gasteiger partial charge in [-0.05, 0) is 12.5 Å². The fourth-order valence-electron chi connectivity index (χ4n) is 1.70. The normalized spacial score (nSPS) is 10.8. The maximum absolute atomic E-state index is 5.09. The van der Waals surface area contributed by atoms with E-state index in [0.717, 1.165) is 41.3 Å². The van der Waals surface area contributed by atoms with Crippen LogP contribution in [0.3, 0.4) is 0 Å². The summed E-state index contributed by atoms with van der Waals surface area (Å²) in [7, 11) is 1.72. The number of nitrogens with one attached hydrogen (secondary N) is 1. The van der Waals surface area contributed by atoms with Crippen molar-refractivity contribution in [2.24, 2.45) is 0 Å². The summed E-state index contributed by atoms with van der Waals surface area (Å²) < 4.78 is 5.09. The van der Waals surface area contributed by atoms with Gasteiger partial charge in [0.2, 0.25) is 5.95 Å². The lowest BCUT2D eigenvalue weighted by Crippen LogP contribution is -2.05. The second kappa shape index (κ2) is 7.31. The molecule has 0 aliphatic rings. The molecule has 0 bridgehead atoms. The van der Waals surface area contributed by atoms with Crippen LogP contribution in [0.15, 0.2) is 29.3 Å². The summed E-state index contributed by atoms with van der Waals surface area (Å²) in [6.07, 6.45) is 1.06. The van der Waals surface area contributed by atoms with E-state index in [0.29, 0.717) is 5.95 Å². The number of hydrogen-bond donors (Lipinski definition) is 1. The molecule has 2 rings (SSSR count). The molecule has 0 spiro atoms. The average molecular weight is 277 g/mol. The van der Waals surface area contributed by atoms with Crippen LogP contribution in [-0.2, 0) is 4.74 Å². The summed E-state index contributed by atoms with van der Waals surface area (Å²) in [5.41, 5.74) is 0.982.